The molecule has 0 aliphatic carbocycles. The summed E-state index contributed by atoms with van der Waals surface area (Å²) < 4.78 is 0. The molecule has 1 unspecified atom stereocenters. The molecule has 0 fully saturated rings. The second-order valence-electron chi connectivity index (χ2n) is 6.40. The first-order valence-corrected chi connectivity index (χ1v) is 8.40. The molecule has 132 valence electrons. The Morgan fingerprint density at radius 2 is 1.52 bits per heavy atom. The summed E-state index contributed by atoms with van der Waals surface area (Å²) in [6.45, 7) is 7.62. The molecule has 1 atom stereocenters. The van der Waals surface area contributed by atoms with Gasteiger partial charge < -0.3 is 16.0 Å². The number of urea groups is 1. The molecule has 3 N–H and O–H groups in total. The normalized spacial score (nSPS) is 11.7. The predicted molar refractivity (Wildman–Crippen MR) is 102 cm³/mol. The number of amides is 3. The summed E-state index contributed by atoms with van der Waals surface area (Å²) in [4.78, 5) is 23.3. The van der Waals surface area contributed by atoms with Gasteiger partial charge >= 0.3 is 6.03 Å². The lowest BCUT2D eigenvalue weighted by Crippen LogP contribution is -2.31. The van der Waals surface area contributed by atoms with E-state index in [0.29, 0.717) is 11.6 Å². The molecule has 5 heteroatoms. The fourth-order valence-corrected chi connectivity index (χ4v) is 2.49. The second kappa shape index (κ2) is 8.33. The van der Waals surface area contributed by atoms with Crippen molar-refractivity contribution in [2.75, 3.05) is 10.6 Å². The number of rotatable bonds is 5. The van der Waals surface area contributed by atoms with E-state index in [4.69, 9.17) is 0 Å². The summed E-state index contributed by atoms with van der Waals surface area (Å²) in [7, 11) is 0. The molecular formula is C20H25N3O2. The SMILES string of the molecule is CC(=O)Nc1cccc(C(C)NC(=O)Nc2ccc(C(C)C)cc2)c1. The summed E-state index contributed by atoms with van der Waals surface area (Å²) in [5, 5.41) is 8.48. The maximum absolute atomic E-state index is 12.2. The average Bonchev–Trinajstić information content (AvgIpc) is 2.54. The lowest BCUT2D eigenvalue weighted by atomic mass is 10.0. The number of hydrogen-bond acceptors (Lipinski definition) is 2. The van der Waals surface area contributed by atoms with E-state index in [1.807, 2.05) is 55.5 Å². The Morgan fingerprint density at radius 1 is 0.840 bits per heavy atom. The van der Waals surface area contributed by atoms with Crippen molar-refractivity contribution in [2.24, 2.45) is 0 Å². The molecule has 0 aromatic heterocycles. The summed E-state index contributed by atoms with van der Waals surface area (Å²) in [5.74, 6) is 0.333. The van der Waals surface area contributed by atoms with Gasteiger partial charge in [0.2, 0.25) is 5.91 Å². The van der Waals surface area contributed by atoms with Crippen LogP contribution in [0.2, 0.25) is 0 Å². The molecule has 0 saturated carbocycles. The van der Waals surface area contributed by atoms with E-state index in [0.717, 1.165) is 11.3 Å². The van der Waals surface area contributed by atoms with Gasteiger partial charge in [0.25, 0.3) is 0 Å². The van der Waals surface area contributed by atoms with Crippen molar-refractivity contribution in [1.29, 1.82) is 0 Å². The Bertz CT molecular complexity index is 739. The van der Waals surface area contributed by atoms with Crippen molar-refractivity contribution in [1.82, 2.24) is 5.32 Å². The molecule has 0 heterocycles. The minimum atomic E-state index is -0.269. The van der Waals surface area contributed by atoms with Gasteiger partial charge in [0.05, 0.1) is 6.04 Å². The van der Waals surface area contributed by atoms with Gasteiger partial charge in [0, 0.05) is 18.3 Å². The van der Waals surface area contributed by atoms with Crippen molar-refractivity contribution >= 4 is 23.3 Å². The van der Waals surface area contributed by atoms with Crippen LogP contribution in [0.4, 0.5) is 16.2 Å². The third kappa shape index (κ3) is 5.64. The van der Waals surface area contributed by atoms with Crippen LogP contribution in [-0.2, 0) is 4.79 Å². The Kier molecular flexibility index (Phi) is 6.17. The van der Waals surface area contributed by atoms with Crippen molar-refractivity contribution in [3.8, 4) is 0 Å². The van der Waals surface area contributed by atoms with Crippen LogP contribution in [0, 0.1) is 0 Å². The summed E-state index contributed by atoms with van der Waals surface area (Å²) in [6.07, 6.45) is 0. The monoisotopic (exact) mass is 339 g/mol. The molecule has 5 nitrogen and oxygen atoms in total. The van der Waals surface area contributed by atoms with E-state index in [-0.39, 0.29) is 18.0 Å². The minimum Gasteiger partial charge on any atom is -0.331 e. The molecule has 2 aromatic rings. The molecule has 2 aromatic carbocycles. The van der Waals surface area contributed by atoms with Gasteiger partial charge in [-0.2, -0.15) is 0 Å². The standard InChI is InChI=1S/C20H25N3O2/c1-13(2)16-8-10-18(11-9-16)23-20(25)21-14(3)17-6-5-7-19(12-17)22-15(4)24/h5-14H,1-4H3,(H,22,24)(H2,21,23,25). The topological polar surface area (TPSA) is 70.2 Å². The van der Waals surface area contributed by atoms with Gasteiger partial charge in [-0.25, -0.2) is 4.79 Å². The van der Waals surface area contributed by atoms with Crippen molar-refractivity contribution < 1.29 is 9.59 Å². The van der Waals surface area contributed by atoms with Crippen LogP contribution in [0.1, 0.15) is 50.8 Å². The third-order valence-corrected chi connectivity index (χ3v) is 3.89. The van der Waals surface area contributed by atoms with Crippen LogP contribution >= 0.6 is 0 Å². The first-order valence-electron chi connectivity index (χ1n) is 8.40. The smallest absolute Gasteiger partial charge is 0.319 e. The first kappa shape index (κ1) is 18.5. The van der Waals surface area contributed by atoms with E-state index in [9.17, 15) is 9.59 Å². The van der Waals surface area contributed by atoms with Gasteiger partial charge in [0.1, 0.15) is 0 Å². The van der Waals surface area contributed by atoms with Crippen molar-refractivity contribution in [3.63, 3.8) is 0 Å². The molecule has 0 aliphatic heterocycles. The zero-order chi connectivity index (χ0) is 18.4. The number of benzene rings is 2. The highest BCUT2D eigenvalue weighted by molar-refractivity contribution is 5.90. The highest BCUT2D eigenvalue weighted by Gasteiger charge is 2.10. The fraction of sp³-hybridized carbons (Fsp3) is 0.300. The first-order chi connectivity index (χ1) is 11.8. The van der Waals surface area contributed by atoms with E-state index in [1.165, 1.54) is 12.5 Å². The van der Waals surface area contributed by atoms with Crippen LogP contribution in [0.15, 0.2) is 48.5 Å². The Labute approximate surface area is 148 Å². The van der Waals surface area contributed by atoms with Gasteiger partial charge in [-0.05, 0) is 48.2 Å². The molecule has 0 radical (unpaired) electrons. The van der Waals surface area contributed by atoms with Crippen LogP contribution < -0.4 is 16.0 Å². The number of carbonyl (C=O) groups excluding carboxylic acids is 2. The average molecular weight is 339 g/mol. The fourth-order valence-electron chi connectivity index (χ4n) is 2.49. The Balaban J connectivity index is 1.96. The van der Waals surface area contributed by atoms with Gasteiger partial charge in [-0.1, -0.05) is 38.1 Å². The van der Waals surface area contributed by atoms with Gasteiger partial charge in [-0.15, -0.1) is 0 Å². The lowest BCUT2D eigenvalue weighted by Gasteiger charge is -2.16. The molecule has 2 rings (SSSR count). The summed E-state index contributed by atoms with van der Waals surface area (Å²) in [6, 6.07) is 14.8. The van der Waals surface area contributed by atoms with Crippen LogP contribution in [0.5, 0.6) is 0 Å². The largest absolute Gasteiger partial charge is 0.331 e. The maximum atomic E-state index is 12.2. The van der Waals surface area contributed by atoms with Gasteiger partial charge in [-0.3, -0.25) is 4.79 Å². The van der Waals surface area contributed by atoms with Crippen LogP contribution in [-0.4, -0.2) is 11.9 Å². The molecule has 25 heavy (non-hydrogen) atoms. The van der Waals surface area contributed by atoms with Crippen LogP contribution in [0.25, 0.3) is 0 Å². The zero-order valence-electron chi connectivity index (χ0n) is 15.1. The minimum absolute atomic E-state index is 0.125. The Morgan fingerprint density at radius 3 is 2.12 bits per heavy atom. The van der Waals surface area contributed by atoms with Gasteiger partial charge in [0.15, 0.2) is 0 Å². The van der Waals surface area contributed by atoms with E-state index in [2.05, 4.69) is 29.8 Å². The molecule has 3 amide bonds. The lowest BCUT2D eigenvalue weighted by molar-refractivity contribution is -0.114. The number of hydrogen-bond donors (Lipinski definition) is 3. The summed E-state index contributed by atoms with van der Waals surface area (Å²) >= 11 is 0. The maximum Gasteiger partial charge on any atom is 0.319 e. The quantitative estimate of drug-likeness (QED) is 0.742. The van der Waals surface area contributed by atoms with Crippen molar-refractivity contribution in [2.45, 2.75) is 39.7 Å². The highest BCUT2D eigenvalue weighted by atomic mass is 16.2. The molecule has 0 aliphatic rings. The predicted octanol–water partition coefficient (Wildman–Crippen LogP) is 4.65. The van der Waals surface area contributed by atoms with Crippen molar-refractivity contribution in [3.05, 3.63) is 59.7 Å². The summed E-state index contributed by atoms with van der Waals surface area (Å²) in [5.41, 5.74) is 3.61. The Hall–Kier alpha value is -2.82. The van der Waals surface area contributed by atoms with Crippen LogP contribution in [0.3, 0.4) is 0 Å². The molecular weight excluding hydrogens is 314 g/mol. The number of anilines is 2. The van der Waals surface area contributed by atoms with E-state index in [1.54, 1.807) is 0 Å². The van der Waals surface area contributed by atoms with E-state index >= 15 is 0 Å². The molecule has 0 spiro atoms. The number of nitrogens with one attached hydrogen (secondary N) is 3. The third-order valence-electron chi connectivity index (χ3n) is 3.89. The number of carbonyl (C=O) groups is 2. The second-order valence-corrected chi connectivity index (χ2v) is 6.40. The zero-order valence-corrected chi connectivity index (χ0v) is 15.1. The molecule has 0 saturated heterocycles. The highest BCUT2D eigenvalue weighted by Crippen LogP contribution is 2.19. The molecule has 0 bridgehead atoms. The van der Waals surface area contributed by atoms with E-state index < -0.39 is 0 Å².